The van der Waals surface area contributed by atoms with E-state index in [0.717, 1.165) is 33.2 Å². The molecule has 246 valence electrons. The molecule has 3 amide bonds. The third-order valence-electron chi connectivity index (χ3n) is 8.19. The lowest BCUT2D eigenvalue weighted by Gasteiger charge is -2.43. The first-order valence-corrected chi connectivity index (χ1v) is 16.0. The number of aromatic nitrogens is 2. The van der Waals surface area contributed by atoms with Crippen LogP contribution in [0, 0.1) is 12.8 Å². The smallest absolute Gasteiger partial charge is 0.410 e. The summed E-state index contributed by atoms with van der Waals surface area (Å²) in [5.41, 5.74) is 4.40. The SMILES string of the molecule is Cc1ccc2[nH]ncc2c1-c1cc2c(cc1Cl)N(CC1CN(C(=O)OC(C)(C)C)C1)C(=O)[C@H](CCNC(=O)OCc1ccccc1)O2. The Bertz CT molecular complexity index is 1800. The van der Waals surface area contributed by atoms with Crippen LogP contribution in [0.25, 0.3) is 22.0 Å². The Morgan fingerprint density at radius 3 is 2.64 bits per heavy atom. The topological polar surface area (TPSA) is 126 Å². The van der Waals surface area contributed by atoms with Crippen molar-refractivity contribution in [3.8, 4) is 16.9 Å². The molecule has 1 atom stereocenters. The van der Waals surface area contributed by atoms with Gasteiger partial charge in [-0.2, -0.15) is 5.10 Å². The number of carbonyl (C=O) groups excluding carboxylic acids is 3. The minimum Gasteiger partial charge on any atom is -0.478 e. The van der Waals surface area contributed by atoms with Crippen LogP contribution in [0.1, 0.15) is 38.3 Å². The number of hydrogen-bond acceptors (Lipinski definition) is 7. The fourth-order valence-electron chi connectivity index (χ4n) is 5.89. The molecule has 3 heterocycles. The maximum Gasteiger partial charge on any atom is 0.410 e. The second-order valence-corrected chi connectivity index (χ2v) is 13.4. The molecule has 1 saturated heterocycles. The zero-order valence-corrected chi connectivity index (χ0v) is 27.6. The highest BCUT2D eigenvalue weighted by Gasteiger charge is 2.40. The molecule has 0 saturated carbocycles. The number of alkyl carbamates (subject to hydrolysis) is 1. The average molecular weight is 660 g/mol. The van der Waals surface area contributed by atoms with Crippen molar-refractivity contribution in [2.75, 3.05) is 31.1 Å². The number of nitrogens with one attached hydrogen (secondary N) is 2. The van der Waals surface area contributed by atoms with Crippen molar-refractivity contribution in [2.24, 2.45) is 5.92 Å². The Labute approximate surface area is 278 Å². The molecular formula is C35H38ClN5O6. The third kappa shape index (κ3) is 7.15. The molecule has 0 radical (unpaired) electrons. The first-order valence-electron chi connectivity index (χ1n) is 15.6. The minimum absolute atomic E-state index is 0.0320. The van der Waals surface area contributed by atoms with Gasteiger partial charge in [0.2, 0.25) is 0 Å². The molecule has 2 N–H and O–H groups in total. The number of carbonyl (C=O) groups is 3. The van der Waals surface area contributed by atoms with E-state index in [0.29, 0.717) is 36.1 Å². The summed E-state index contributed by atoms with van der Waals surface area (Å²) in [6.45, 7) is 9.08. The van der Waals surface area contributed by atoms with E-state index in [1.807, 2.05) is 76.2 Å². The Morgan fingerprint density at radius 2 is 1.89 bits per heavy atom. The normalized spacial score (nSPS) is 16.4. The highest BCUT2D eigenvalue weighted by Crippen LogP contribution is 2.45. The van der Waals surface area contributed by atoms with E-state index in [2.05, 4.69) is 15.5 Å². The van der Waals surface area contributed by atoms with E-state index in [4.69, 9.17) is 25.8 Å². The standard InChI is InChI=1S/C35H38ClN5O6/c1-21-10-11-27-25(16-38-39-27)31(21)24-14-30-28(15-26(24)36)41(19-23-17-40(18-23)34(44)47-35(2,3)4)32(42)29(46-30)12-13-37-33(43)45-20-22-8-6-5-7-9-22/h5-11,14-16,23,29H,12-13,17-20H2,1-4H3,(H,37,43)(H,38,39)/t29-/m0/s1. The summed E-state index contributed by atoms with van der Waals surface area (Å²) in [4.78, 5) is 42.2. The van der Waals surface area contributed by atoms with Gasteiger partial charge in [-0.05, 0) is 62.6 Å². The number of fused-ring (bicyclic) bond motifs is 2. The maximum atomic E-state index is 13.9. The molecule has 47 heavy (non-hydrogen) atoms. The van der Waals surface area contributed by atoms with Gasteiger partial charge in [0.05, 0.1) is 22.4 Å². The van der Waals surface area contributed by atoms with Gasteiger partial charge in [0, 0.05) is 49.5 Å². The molecule has 0 bridgehead atoms. The van der Waals surface area contributed by atoms with E-state index in [-0.39, 0.29) is 37.5 Å². The molecule has 11 nitrogen and oxygen atoms in total. The Hall–Kier alpha value is -4.77. The molecular weight excluding hydrogens is 622 g/mol. The summed E-state index contributed by atoms with van der Waals surface area (Å²) in [6.07, 6.45) is 0.172. The summed E-state index contributed by atoms with van der Waals surface area (Å²) < 4.78 is 17.2. The predicted octanol–water partition coefficient (Wildman–Crippen LogP) is 6.47. The molecule has 1 fully saturated rings. The van der Waals surface area contributed by atoms with E-state index in [9.17, 15) is 14.4 Å². The monoisotopic (exact) mass is 659 g/mol. The van der Waals surface area contributed by atoms with Gasteiger partial charge in [-0.3, -0.25) is 9.89 Å². The van der Waals surface area contributed by atoms with Crippen LogP contribution >= 0.6 is 11.6 Å². The zero-order chi connectivity index (χ0) is 33.3. The highest BCUT2D eigenvalue weighted by molar-refractivity contribution is 6.34. The van der Waals surface area contributed by atoms with Crippen LogP contribution in [0.4, 0.5) is 15.3 Å². The van der Waals surface area contributed by atoms with Gasteiger partial charge in [0.25, 0.3) is 5.91 Å². The lowest BCUT2D eigenvalue weighted by Crippen LogP contribution is -2.57. The van der Waals surface area contributed by atoms with Crippen LogP contribution in [0.2, 0.25) is 5.02 Å². The van der Waals surface area contributed by atoms with Crippen molar-refractivity contribution in [3.63, 3.8) is 0 Å². The maximum absolute atomic E-state index is 13.9. The third-order valence-corrected chi connectivity index (χ3v) is 8.50. The number of benzene rings is 3. The first-order chi connectivity index (χ1) is 22.5. The van der Waals surface area contributed by atoms with Gasteiger partial charge in [-0.15, -0.1) is 0 Å². The predicted molar refractivity (Wildman–Crippen MR) is 179 cm³/mol. The summed E-state index contributed by atoms with van der Waals surface area (Å²) in [7, 11) is 0. The summed E-state index contributed by atoms with van der Waals surface area (Å²) in [5, 5.41) is 11.3. The number of H-pyrrole nitrogens is 1. The quantitative estimate of drug-likeness (QED) is 0.222. The number of likely N-dealkylation sites (tertiary alicyclic amines) is 1. The number of rotatable bonds is 8. The van der Waals surface area contributed by atoms with Crippen molar-refractivity contribution in [1.29, 1.82) is 0 Å². The van der Waals surface area contributed by atoms with Crippen LogP contribution in [-0.4, -0.2) is 71.1 Å². The van der Waals surface area contributed by atoms with E-state index < -0.39 is 17.8 Å². The summed E-state index contributed by atoms with van der Waals surface area (Å²) >= 11 is 6.93. The van der Waals surface area contributed by atoms with E-state index in [1.54, 1.807) is 22.1 Å². The lowest BCUT2D eigenvalue weighted by molar-refractivity contribution is -0.126. The second kappa shape index (κ2) is 13.2. The molecule has 0 aliphatic carbocycles. The van der Waals surface area contributed by atoms with Crippen LogP contribution < -0.4 is 15.0 Å². The van der Waals surface area contributed by atoms with Crippen LogP contribution in [0.5, 0.6) is 5.75 Å². The van der Waals surface area contributed by atoms with Crippen molar-refractivity contribution in [2.45, 2.75) is 52.4 Å². The van der Waals surface area contributed by atoms with Gasteiger partial charge in [0.1, 0.15) is 18.0 Å². The van der Waals surface area contributed by atoms with Crippen molar-refractivity contribution in [3.05, 3.63) is 76.9 Å². The average Bonchev–Trinajstić information content (AvgIpc) is 3.48. The number of amides is 3. The Balaban J connectivity index is 1.21. The van der Waals surface area contributed by atoms with Gasteiger partial charge in [-0.1, -0.05) is 48.0 Å². The molecule has 4 aromatic rings. The number of aryl methyl sites for hydroxylation is 1. The first kappa shape index (κ1) is 32.2. The molecule has 6 rings (SSSR count). The number of ether oxygens (including phenoxy) is 3. The fraction of sp³-hybridized carbons (Fsp3) is 0.371. The largest absolute Gasteiger partial charge is 0.478 e. The molecule has 0 spiro atoms. The van der Waals surface area contributed by atoms with Gasteiger partial charge >= 0.3 is 12.2 Å². The molecule has 2 aliphatic rings. The molecule has 0 unspecified atom stereocenters. The number of nitrogens with zero attached hydrogens (tertiary/aromatic N) is 3. The van der Waals surface area contributed by atoms with Crippen LogP contribution in [0.15, 0.2) is 60.8 Å². The minimum atomic E-state index is -0.862. The molecule has 12 heteroatoms. The van der Waals surface area contributed by atoms with E-state index >= 15 is 0 Å². The Morgan fingerprint density at radius 1 is 1.13 bits per heavy atom. The molecule has 3 aromatic carbocycles. The number of hydrogen-bond donors (Lipinski definition) is 2. The lowest BCUT2D eigenvalue weighted by atomic mass is 9.95. The Kier molecular flexibility index (Phi) is 9.01. The number of halogens is 1. The van der Waals surface area contributed by atoms with Gasteiger partial charge < -0.3 is 29.3 Å². The van der Waals surface area contributed by atoms with Gasteiger partial charge in [0.15, 0.2) is 6.10 Å². The van der Waals surface area contributed by atoms with Crippen molar-refractivity contribution in [1.82, 2.24) is 20.4 Å². The number of aromatic amines is 1. The highest BCUT2D eigenvalue weighted by atomic mass is 35.5. The van der Waals surface area contributed by atoms with Gasteiger partial charge in [-0.25, -0.2) is 9.59 Å². The zero-order valence-electron chi connectivity index (χ0n) is 26.8. The van der Waals surface area contributed by atoms with E-state index in [1.165, 1.54) is 0 Å². The summed E-state index contributed by atoms with van der Waals surface area (Å²) in [6, 6.07) is 17.0. The van der Waals surface area contributed by atoms with Crippen molar-refractivity contribution >= 4 is 46.3 Å². The second-order valence-electron chi connectivity index (χ2n) is 13.0. The fourth-order valence-corrected chi connectivity index (χ4v) is 6.14. The molecule has 2 aliphatic heterocycles. The number of anilines is 1. The molecule has 1 aromatic heterocycles. The summed E-state index contributed by atoms with van der Waals surface area (Å²) in [5.74, 6) is 0.290. The van der Waals surface area contributed by atoms with Crippen molar-refractivity contribution < 1.29 is 28.6 Å². The van der Waals surface area contributed by atoms with Crippen LogP contribution in [-0.2, 0) is 20.9 Å². The van der Waals surface area contributed by atoms with Crippen LogP contribution in [0.3, 0.4) is 0 Å².